The molecule has 0 aromatic heterocycles. The lowest BCUT2D eigenvalue weighted by Crippen LogP contribution is -2.21. The van der Waals surface area contributed by atoms with E-state index in [1.165, 1.54) is 43.5 Å². The van der Waals surface area contributed by atoms with Crippen molar-refractivity contribution < 1.29 is 13.5 Å². The predicted octanol–water partition coefficient (Wildman–Crippen LogP) is 3.74. The Balaban J connectivity index is 2.30. The van der Waals surface area contributed by atoms with E-state index in [1.54, 1.807) is 0 Å². The molecule has 0 aliphatic carbocycles. The molecule has 0 saturated carbocycles. The minimum atomic E-state index is -0.445. The summed E-state index contributed by atoms with van der Waals surface area (Å²) in [4.78, 5) is 0. The summed E-state index contributed by atoms with van der Waals surface area (Å²) in [7, 11) is 1.49. The topological polar surface area (TPSA) is 47.3 Å². The van der Waals surface area contributed by atoms with Crippen LogP contribution in [0.1, 0.15) is 11.6 Å². The number of hydrogen-bond acceptors (Lipinski definition) is 3. The van der Waals surface area contributed by atoms with Gasteiger partial charge in [0.1, 0.15) is 17.4 Å². The van der Waals surface area contributed by atoms with Gasteiger partial charge in [0.25, 0.3) is 0 Å². The van der Waals surface area contributed by atoms with Gasteiger partial charge in [-0.15, -0.1) is 0 Å². The van der Waals surface area contributed by atoms with Crippen LogP contribution in [0.3, 0.4) is 0 Å². The zero-order valence-electron chi connectivity index (χ0n) is 11.4. The molecule has 0 aliphatic heterocycles. The van der Waals surface area contributed by atoms with Gasteiger partial charge in [-0.25, -0.2) is 8.78 Å². The highest BCUT2D eigenvalue weighted by molar-refractivity contribution is 6.31. The van der Waals surface area contributed by atoms with Gasteiger partial charge in [0, 0.05) is 17.6 Å². The lowest BCUT2D eigenvalue weighted by molar-refractivity contribution is 0.414. The van der Waals surface area contributed by atoms with Crippen molar-refractivity contribution in [2.45, 2.75) is 6.04 Å². The quantitative estimate of drug-likeness (QED) is 0.884. The summed E-state index contributed by atoms with van der Waals surface area (Å²) in [6.45, 7) is 0.169. The second kappa shape index (κ2) is 6.74. The molecule has 0 radical (unpaired) electrons. The summed E-state index contributed by atoms with van der Waals surface area (Å²) >= 11 is 6.01. The normalized spacial score (nSPS) is 12.0. The monoisotopic (exact) mass is 312 g/mol. The average Bonchev–Trinajstić information content (AvgIpc) is 2.47. The van der Waals surface area contributed by atoms with Crippen molar-refractivity contribution in [2.24, 2.45) is 5.73 Å². The molecular formula is C15H15ClF2N2O. The van der Waals surface area contributed by atoms with Gasteiger partial charge >= 0.3 is 0 Å². The van der Waals surface area contributed by atoms with Crippen LogP contribution >= 0.6 is 11.6 Å². The molecule has 112 valence electrons. The molecule has 21 heavy (non-hydrogen) atoms. The Morgan fingerprint density at radius 1 is 1.24 bits per heavy atom. The summed E-state index contributed by atoms with van der Waals surface area (Å²) in [5.41, 5.74) is 6.55. The van der Waals surface area contributed by atoms with Crippen molar-refractivity contribution in [2.75, 3.05) is 19.0 Å². The van der Waals surface area contributed by atoms with Gasteiger partial charge in [0.05, 0.1) is 18.8 Å². The van der Waals surface area contributed by atoms with Crippen molar-refractivity contribution in [1.29, 1.82) is 0 Å². The number of halogens is 3. The fraction of sp³-hybridized carbons (Fsp3) is 0.200. The van der Waals surface area contributed by atoms with Crippen molar-refractivity contribution in [3.05, 3.63) is 58.6 Å². The Hall–Kier alpha value is -1.85. The van der Waals surface area contributed by atoms with Gasteiger partial charge in [-0.2, -0.15) is 0 Å². The van der Waals surface area contributed by atoms with Gasteiger partial charge in [-0.05, 0) is 29.8 Å². The molecule has 2 aromatic carbocycles. The molecule has 1 unspecified atom stereocenters. The molecule has 0 saturated heterocycles. The third-order valence-electron chi connectivity index (χ3n) is 3.08. The highest BCUT2D eigenvalue weighted by atomic mass is 35.5. The molecule has 3 nitrogen and oxygen atoms in total. The van der Waals surface area contributed by atoms with Gasteiger partial charge in [-0.1, -0.05) is 17.7 Å². The number of rotatable bonds is 5. The smallest absolute Gasteiger partial charge is 0.146 e. The molecule has 0 heterocycles. The van der Waals surface area contributed by atoms with Crippen LogP contribution < -0.4 is 15.8 Å². The highest BCUT2D eigenvalue weighted by Gasteiger charge is 2.16. The number of anilines is 1. The molecule has 0 spiro atoms. The number of methoxy groups -OCH3 is 1. The molecule has 2 rings (SSSR count). The predicted molar refractivity (Wildman–Crippen MR) is 79.8 cm³/mol. The number of nitrogens with one attached hydrogen (secondary N) is 1. The average molecular weight is 313 g/mol. The van der Waals surface area contributed by atoms with Crippen LogP contribution in [0, 0.1) is 11.6 Å². The van der Waals surface area contributed by atoms with Crippen LogP contribution in [-0.2, 0) is 0 Å². The summed E-state index contributed by atoms with van der Waals surface area (Å²) in [5, 5.41) is 3.20. The third-order valence-corrected chi connectivity index (χ3v) is 3.40. The second-order valence-corrected chi connectivity index (χ2v) is 4.85. The Morgan fingerprint density at radius 3 is 2.62 bits per heavy atom. The van der Waals surface area contributed by atoms with E-state index in [2.05, 4.69) is 5.32 Å². The summed E-state index contributed by atoms with van der Waals surface area (Å²) in [6, 6.07) is 7.90. The van der Waals surface area contributed by atoms with Crippen molar-refractivity contribution in [3.8, 4) is 5.75 Å². The largest absolute Gasteiger partial charge is 0.497 e. The Labute approximate surface area is 126 Å². The molecule has 6 heteroatoms. The van der Waals surface area contributed by atoms with Crippen LogP contribution in [0.2, 0.25) is 5.02 Å². The standard InChI is InChI=1S/C15H15ClF2N2O/c1-21-10-3-5-13(18)14(7-10)20-15(8-19)11-4-2-9(17)6-12(11)16/h2-7,15,20H,8,19H2,1H3. The minimum absolute atomic E-state index is 0.169. The van der Waals surface area contributed by atoms with E-state index in [-0.39, 0.29) is 17.3 Å². The lowest BCUT2D eigenvalue weighted by Gasteiger charge is -2.20. The van der Waals surface area contributed by atoms with E-state index >= 15 is 0 Å². The van der Waals surface area contributed by atoms with E-state index < -0.39 is 17.7 Å². The van der Waals surface area contributed by atoms with Crippen LogP contribution in [0.15, 0.2) is 36.4 Å². The highest BCUT2D eigenvalue weighted by Crippen LogP contribution is 2.29. The van der Waals surface area contributed by atoms with E-state index in [9.17, 15) is 8.78 Å². The van der Waals surface area contributed by atoms with Gasteiger partial charge < -0.3 is 15.8 Å². The van der Waals surface area contributed by atoms with Crippen LogP contribution in [0.4, 0.5) is 14.5 Å². The maximum atomic E-state index is 13.8. The first-order valence-electron chi connectivity index (χ1n) is 6.30. The second-order valence-electron chi connectivity index (χ2n) is 4.44. The van der Waals surface area contributed by atoms with Crippen LogP contribution in [0.25, 0.3) is 0 Å². The van der Waals surface area contributed by atoms with Gasteiger partial charge in [-0.3, -0.25) is 0 Å². The fourth-order valence-electron chi connectivity index (χ4n) is 1.98. The molecule has 2 aromatic rings. The molecule has 0 bridgehead atoms. The summed E-state index contributed by atoms with van der Waals surface area (Å²) in [5.74, 6) is -0.362. The molecule has 1 atom stereocenters. The first kappa shape index (κ1) is 15.5. The zero-order chi connectivity index (χ0) is 15.4. The number of hydrogen-bond donors (Lipinski definition) is 2. The van der Waals surface area contributed by atoms with Crippen molar-refractivity contribution >= 4 is 17.3 Å². The molecule has 3 N–H and O–H groups in total. The minimum Gasteiger partial charge on any atom is -0.497 e. The Morgan fingerprint density at radius 2 is 2.00 bits per heavy atom. The fourth-order valence-corrected chi connectivity index (χ4v) is 2.28. The molecule has 0 aliphatic rings. The first-order valence-corrected chi connectivity index (χ1v) is 6.68. The number of benzene rings is 2. The molecule has 0 fully saturated rings. The Bertz CT molecular complexity index is 637. The summed E-state index contributed by atoms with van der Waals surface area (Å²) < 4.78 is 32.0. The lowest BCUT2D eigenvalue weighted by atomic mass is 10.1. The van der Waals surface area contributed by atoms with Gasteiger partial charge in [0.15, 0.2) is 0 Å². The van der Waals surface area contributed by atoms with E-state index in [1.807, 2.05) is 0 Å². The summed E-state index contributed by atoms with van der Waals surface area (Å²) in [6.07, 6.45) is 0. The van der Waals surface area contributed by atoms with E-state index in [0.29, 0.717) is 11.3 Å². The van der Waals surface area contributed by atoms with Crippen molar-refractivity contribution in [3.63, 3.8) is 0 Å². The van der Waals surface area contributed by atoms with Crippen LogP contribution in [0.5, 0.6) is 5.75 Å². The zero-order valence-corrected chi connectivity index (χ0v) is 12.1. The third kappa shape index (κ3) is 3.62. The van der Waals surface area contributed by atoms with E-state index in [4.69, 9.17) is 22.1 Å². The molecular weight excluding hydrogens is 298 g/mol. The number of ether oxygens (including phenoxy) is 1. The van der Waals surface area contributed by atoms with Crippen LogP contribution in [-0.4, -0.2) is 13.7 Å². The van der Waals surface area contributed by atoms with Gasteiger partial charge in [0.2, 0.25) is 0 Å². The first-order chi connectivity index (χ1) is 10.0. The molecule has 0 amide bonds. The van der Waals surface area contributed by atoms with E-state index in [0.717, 1.165) is 0 Å². The maximum Gasteiger partial charge on any atom is 0.146 e. The SMILES string of the molecule is COc1ccc(F)c(NC(CN)c2ccc(F)cc2Cl)c1. The number of nitrogens with two attached hydrogens (primary N) is 1. The Kier molecular flexibility index (Phi) is 4.98. The maximum absolute atomic E-state index is 13.8. The van der Waals surface area contributed by atoms with Crippen molar-refractivity contribution in [1.82, 2.24) is 0 Å².